The van der Waals surface area contributed by atoms with Crippen LogP contribution in [-0.2, 0) is 11.2 Å². The monoisotopic (exact) mass is 494 g/mol. The van der Waals surface area contributed by atoms with Crippen molar-refractivity contribution in [2.45, 2.75) is 13.3 Å². The first-order valence-electron chi connectivity index (χ1n) is 10.7. The van der Waals surface area contributed by atoms with Gasteiger partial charge in [0.2, 0.25) is 11.2 Å². The van der Waals surface area contributed by atoms with Gasteiger partial charge in [0.15, 0.2) is 17.3 Å². The number of hydrogen-bond acceptors (Lipinski definition) is 7. The van der Waals surface area contributed by atoms with Crippen molar-refractivity contribution in [1.82, 2.24) is 0 Å². The number of methoxy groups -OCH3 is 3. The van der Waals surface area contributed by atoms with Gasteiger partial charge in [0, 0.05) is 10.6 Å². The second-order valence-electron chi connectivity index (χ2n) is 7.76. The molecule has 0 fully saturated rings. The van der Waals surface area contributed by atoms with E-state index >= 15 is 0 Å². The fraction of sp³-hybridized carbons (Fsp3) is 0.185. The van der Waals surface area contributed by atoms with E-state index in [1.807, 2.05) is 0 Å². The summed E-state index contributed by atoms with van der Waals surface area (Å²) >= 11 is 6.25. The highest BCUT2D eigenvalue weighted by molar-refractivity contribution is 6.32. The molecule has 4 aromatic rings. The summed E-state index contributed by atoms with van der Waals surface area (Å²) in [5.74, 6) is 0.828. The third-order valence-corrected chi connectivity index (χ3v) is 5.91. The van der Waals surface area contributed by atoms with Crippen molar-refractivity contribution in [3.8, 4) is 34.3 Å². The molecule has 35 heavy (non-hydrogen) atoms. The lowest BCUT2D eigenvalue weighted by molar-refractivity contribution is -0.133. The number of aryl methyl sites for hydroxylation is 1. The first kappa shape index (κ1) is 24.2. The summed E-state index contributed by atoms with van der Waals surface area (Å²) in [6.45, 7) is 1.81. The maximum atomic E-state index is 13.5. The molecule has 0 amide bonds. The van der Waals surface area contributed by atoms with Crippen molar-refractivity contribution in [1.29, 1.82) is 0 Å². The van der Waals surface area contributed by atoms with Gasteiger partial charge in [0.25, 0.3) is 0 Å². The quantitative estimate of drug-likeness (QED) is 0.309. The maximum absolute atomic E-state index is 13.5. The lowest BCUT2D eigenvalue weighted by Gasteiger charge is -2.13. The van der Waals surface area contributed by atoms with Gasteiger partial charge in [0.1, 0.15) is 11.3 Å². The lowest BCUT2D eigenvalue weighted by Crippen LogP contribution is -2.18. The molecule has 7 nitrogen and oxygen atoms in total. The van der Waals surface area contributed by atoms with E-state index in [1.165, 1.54) is 20.3 Å². The van der Waals surface area contributed by atoms with Crippen LogP contribution in [0.15, 0.2) is 63.8 Å². The molecular formula is C27H23ClO7. The van der Waals surface area contributed by atoms with E-state index in [1.54, 1.807) is 62.6 Å². The van der Waals surface area contributed by atoms with Crippen LogP contribution in [0.2, 0.25) is 5.02 Å². The zero-order chi connectivity index (χ0) is 25.1. The third kappa shape index (κ3) is 4.95. The molecule has 0 unspecified atom stereocenters. The minimum Gasteiger partial charge on any atom is -0.497 e. The number of ether oxygens (including phenoxy) is 4. The highest BCUT2D eigenvalue weighted by Crippen LogP contribution is 2.37. The molecule has 0 saturated carbocycles. The summed E-state index contributed by atoms with van der Waals surface area (Å²) < 4.78 is 27.5. The Bertz CT molecular complexity index is 1460. The zero-order valence-corrected chi connectivity index (χ0v) is 20.4. The largest absolute Gasteiger partial charge is 0.497 e. The predicted molar refractivity (Wildman–Crippen MR) is 133 cm³/mol. The normalized spacial score (nSPS) is 10.8. The molecule has 3 aromatic carbocycles. The smallest absolute Gasteiger partial charge is 0.315 e. The van der Waals surface area contributed by atoms with Crippen LogP contribution in [0.5, 0.6) is 23.0 Å². The standard InChI is InChI=1S/C27H23ClO7/c1-15-11-22-19(14-20(15)28)25(30)27(35-24(29)12-16-5-8-18(31-2)9-6-16)26(34-22)17-7-10-21(32-3)23(13-17)33-4/h5-11,13-14H,12H2,1-4H3. The maximum Gasteiger partial charge on any atom is 0.315 e. The Kier molecular flexibility index (Phi) is 6.98. The lowest BCUT2D eigenvalue weighted by atomic mass is 10.1. The SMILES string of the molecule is COc1ccc(CC(=O)Oc2c(-c3ccc(OC)c(OC)c3)oc3cc(C)c(Cl)cc3c2=O)cc1. The Morgan fingerprint density at radius 3 is 2.29 bits per heavy atom. The summed E-state index contributed by atoms with van der Waals surface area (Å²) in [6, 6.07) is 15.2. The fourth-order valence-electron chi connectivity index (χ4n) is 3.62. The Labute approximate surface area is 206 Å². The van der Waals surface area contributed by atoms with E-state index in [9.17, 15) is 9.59 Å². The molecule has 1 aromatic heterocycles. The molecule has 0 aliphatic carbocycles. The van der Waals surface area contributed by atoms with Gasteiger partial charge in [-0.15, -0.1) is 0 Å². The van der Waals surface area contributed by atoms with Crippen molar-refractivity contribution in [3.63, 3.8) is 0 Å². The molecule has 0 aliphatic heterocycles. The Hall–Kier alpha value is -3.97. The molecule has 4 rings (SSSR count). The molecule has 180 valence electrons. The summed E-state index contributed by atoms with van der Waals surface area (Å²) in [5.41, 5.74) is 1.72. The van der Waals surface area contributed by atoms with Crippen LogP contribution < -0.4 is 24.4 Å². The van der Waals surface area contributed by atoms with Crippen molar-refractivity contribution >= 4 is 28.5 Å². The molecule has 0 radical (unpaired) electrons. The number of esters is 1. The van der Waals surface area contributed by atoms with Gasteiger partial charge in [0.05, 0.1) is 33.1 Å². The number of hydrogen-bond donors (Lipinski definition) is 0. The number of carbonyl (C=O) groups excluding carboxylic acids is 1. The van der Waals surface area contributed by atoms with Crippen LogP contribution in [0.3, 0.4) is 0 Å². The molecule has 8 heteroatoms. The van der Waals surface area contributed by atoms with Gasteiger partial charge in [-0.3, -0.25) is 9.59 Å². The van der Waals surface area contributed by atoms with Crippen molar-refractivity contribution < 1.29 is 28.2 Å². The second-order valence-corrected chi connectivity index (χ2v) is 8.16. The molecule has 0 atom stereocenters. The van der Waals surface area contributed by atoms with Crippen LogP contribution >= 0.6 is 11.6 Å². The first-order valence-corrected chi connectivity index (χ1v) is 11.1. The van der Waals surface area contributed by atoms with Gasteiger partial charge in [-0.05, 0) is 60.5 Å². The predicted octanol–water partition coefficient (Wildman–Crippen LogP) is 5.60. The van der Waals surface area contributed by atoms with Crippen molar-refractivity contribution in [3.05, 3.63) is 81.0 Å². The minimum atomic E-state index is -0.623. The third-order valence-electron chi connectivity index (χ3n) is 5.50. The topological polar surface area (TPSA) is 84.2 Å². The van der Waals surface area contributed by atoms with Crippen LogP contribution in [0.1, 0.15) is 11.1 Å². The molecule has 0 spiro atoms. The summed E-state index contributed by atoms with van der Waals surface area (Å²) in [4.78, 5) is 26.3. The van der Waals surface area contributed by atoms with E-state index < -0.39 is 11.4 Å². The van der Waals surface area contributed by atoms with Crippen LogP contribution in [0, 0.1) is 6.92 Å². The van der Waals surface area contributed by atoms with E-state index in [2.05, 4.69) is 0 Å². The second kappa shape index (κ2) is 10.1. The number of carbonyl (C=O) groups is 1. The van der Waals surface area contributed by atoms with Gasteiger partial charge < -0.3 is 23.4 Å². The molecule has 0 bridgehead atoms. The summed E-state index contributed by atoms with van der Waals surface area (Å²) in [6.07, 6.45) is -0.0541. The Morgan fingerprint density at radius 2 is 1.63 bits per heavy atom. The number of rotatable bonds is 7. The molecular weight excluding hydrogens is 472 g/mol. The fourth-order valence-corrected chi connectivity index (χ4v) is 3.78. The van der Waals surface area contributed by atoms with Gasteiger partial charge in [-0.25, -0.2) is 0 Å². The van der Waals surface area contributed by atoms with Crippen LogP contribution in [0.4, 0.5) is 0 Å². The number of benzene rings is 3. The van der Waals surface area contributed by atoms with Crippen LogP contribution in [-0.4, -0.2) is 27.3 Å². The van der Waals surface area contributed by atoms with Crippen LogP contribution in [0.25, 0.3) is 22.3 Å². The van der Waals surface area contributed by atoms with Gasteiger partial charge in [-0.2, -0.15) is 0 Å². The van der Waals surface area contributed by atoms with E-state index in [0.29, 0.717) is 39.0 Å². The van der Waals surface area contributed by atoms with Gasteiger partial charge in [-0.1, -0.05) is 23.7 Å². The Morgan fingerprint density at radius 1 is 0.914 bits per heavy atom. The molecule has 1 heterocycles. The number of fused-ring (bicyclic) bond motifs is 1. The average Bonchev–Trinajstić information content (AvgIpc) is 2.87. The highest BCUT2D eigenvalue weighted by Gasteiger charge is 2.22. The summed E-state index contributed by atoms with van der Waals surface area (Å²) in [7, 11) is 4.58. The highest BCUT2D eigenvalue weighted by atomic mass is 35.5. The van der Waals surface area contributed by atoms with Crippen molar-refractivity contribution in [2.75, 3.05) is 21.3 Å². The van der Waals surface area contributed by atoms with Crippen molar-refractivity contribution in [2.24, 2.45) is 0 Å². The first-order chi connectivity index (χ1) is 16.8. The van der Waals surface area contributed by atoms with E-state index in [0.717, 1.165) is 5.56 Å². The minimum absolute atomic E-state index is 0.0541. The zero-order valence-electron chi connectivity index (χ0n) is 19.6. The number of halogens is 1. The van der Waals surface area contributed by atoms with E-state index in [4.69, 9.17) is 35.0 Å². The summed E-state index contributed by atoms with van der Waals surface area (Å²) in [5, 5.41) is 0.608. The Balaban J connectivity index is 1.82. The average molecular weight is 495 g/mol. The molecule has 0 N–H and O–H groups in total. The van der Waals surface area contributed by atoms with Gasteiger partial charge >= 0.3 is 5.97 Å². The molecule has 0 aliphatic rings. The van der Waals surface area contributed by atoms with E-state index in [-0.39, 0.29) is 23.3 Å². The molecule has 0 saturated heterocycles.